The Labute approximate surface area is 219 Å². The predicted molar refractivity (Wildman–Crippen MR) is 133 cm³/mol. The van der Waals surface area contributed by atoms with Gasteiger partial charge in [0.15, 0.2) is 23.4 Å². The quantitative estimate of drug-likeness (QED) is 0.216. The fraction of sp³-hybridized carbons (Fsp3) is 0.222. The van der Waals surface area contributed by atoms with E-state index in [0.717, 1.165) is 6.07 Å². The van der Waals surface area contributed by atoms with Crippen molar-refractivity contribution in [3.8, 4) is 23.0 Å². The SMILES string of the molecule is CCC(Oc1cc(Cn2c(C)c(Oc3ccc(Cl)cc3)c3ccc(OC(F)(F)F)cc32)ccc1F)C(=O)O. The van der Waals surface area contributed by atoms with E-state index in [4.69, 9.17) is 21.1 Å². The smallest absolute Gasteiger partial charge is 0.479 e. The van der Waals surface area contributed by atoms with Gasteiger partial charge in [-0.3, -0.25) is 0 Å². The van der Waals surface area contributed by atoms with Crippen LogP contribution in [0, 0.1) is 12.7 Å². The van der Waals surface area contributed by atoms with Crippen molar-refractivity contribution in [2.45, 2.75) is 39.3 Å². The molecule has 1 unspecified atom stereocenters. The first-order valence-corrected chi connectivity index (χ1v) is 11.8. The van der Waals surface area contributed by atoms with E-state index in [1.165, 1.54) is 30.3 Å². The van der Waals surface area contributed by atoms with Crippen molar-refractivity contribution in [1.82, 2.24) is 4.57 Å². The molecule has 0 aliphatic rings. The summed E-state index contributed by atoms with van der Waals surface area (Å²) >= 11 is 5.95. The molecule has 200 valence electrons. The number of carboxylic acids is 1. The molecule has 1 heterocycles. The molecule has 1 aromatic heterocycles. The molecule has 0 aliphatic carbocycles. The summed E-state index contributed by atoms with van der Waals surface area (Å²) < 4.78 is 70.4. The fourth-order valence-corrected chi connectivity index (χ4v) is 4.08. The second-order valence-corrected chi connectivity index (χ2v) is 8.84. The number of carboxylic acid groups (broad SMARTS) is 1. The number of hydrogen-bond donors (Lipinski definition) is 1. The van der Waals surface area contributed by atoms with Gasteiger partial charge in [-0.25, -0.2) is 9.18 Å². The molecule has 38 heavy (non-hydrogen) atoms. The summed E-state index contributed by atoms with van der Waals surface area (Å²) in [5.74, 6) is -1.78. The first-order chi connectivity index (χ1) is 17.9. The Morgan fingerprint density at radius 1 is 1.05 bits per heavy atom. The second kappa shape index (κ2) is 10.8. The maximum atomic E-state index is 14.4. The van der Waals surface area contributed by atoms with Crippen LogP contribution in [0.1, 0.15) is 24.6 Å². The van der Waals surface area contributed by atoms with E-state index in [1.807, 2.05) is 0 Å². The van der Waals surface area contributed by atoms with Gasteiger partial charge in [-0.15, -0.1) is 13.2 Å². The van der Waals surface area contributed by atoms with Gasteiger partial charge in [0.2, 0.25) is 0 Å². The summed E-state index contributed by atoms with van der Waals surface area (Å²) in [6.45, 7) is 3.41. The Bertz CT molecular complexity index is 1470. The largest absolute Gasteiger partial charge is 0.573 e. The van der Waals surface area contributed by atoms with E-state index in [0.29, 0.717) is 38.7 Å². The van der Waals surface area contributed by atoms with Crippen molar-refractivity contribution in [1.29, 1.82) is 0 Å². The van der Waals surface area contributed by atoms with Crippen LogP contribution in [-0.2, 0) is 11.3 Å². The number of carbonyl (C=O) groups is 1. The Hall–Kier alpha value is -3.92. The van der Waals surface area contributed by atoms with Crippen molar-refractivity contribution in [3.05, 3.63) is 82.8 Å². The van der Waals surface area contributed by atoms with Gasteiger partial charge in [0, 0.05) is 23.0 Å². The van der Waals surface area contributed by atoms with Crippen LogP contribution in [0.15, 0.2) is 60.7 Å². The zero-order valence-electron chi connectivity index (χ0n) is 20.2. The Morgan fingerprint density at radius 2 is 1.74 bits per heavy atom. The molecule has 0 bridgehead atoms. The van der Waals surface area contributed by atoms with Crippen LogP contribution >= 0.6 is 11.6 Å². The first-order valence-electron chi connectivity index (χ1n) is 11.4. The van der Waals surface area contributed by atoms with E-state index in [1.54, 1.807) is 42.7 Å². The van der Waals surface area contributed by atoms with E-state index < -0.39 is 30.0 Å². The van der Waals surface area contributed by atoms with E-state index in [-0.39, 0.29) is 18.7 Å². The Balaban J connectivity index is 1.78. The molecule has 1 N–H and O–H groups in total. The minimum atomic E-state index is -4.88. The molecular formula is C27H22ClF4NO5. The average molecular weight is 552 g/mol. The summed E-state index contributed by atoms with van der Waals surface area (Å²) in [4.78, 5) is 11.4. The number of halogens is 5. The number of hydrogen-bond acceptors (Lipinski definition) is 4. The number of benzene rings is 3. The number of nitrogens with zero attached hydrogens (tertiary/aromatic N) is 1. The summed E-state index contributed by atoms with van der Waals surface area (Å²) in [5, 5.41) is 10.3. The van der Waals surface area contributed by atoms with Gasteiger partial charge in [0.25, 0.3) is 0 Å². The van der Waals surface area contributed by atoms with Gasteiger partial charge in [-0.2, -0.15) is 0 Å². The lowest BCUT2D eigenvalue weighted by atomic mass is 10.2. The van der Waals surface area contributed by atoms with Crippen molar-refractivity contribution < 1.29 is 41.7 Å². The third-order valence-electron chi connectivity index (χ3n) is 5.76. The normalized spacial score (nSPS) is 12.4. The second-order valence-electron chi connectivity index (χ2n) is 8.40. The predicted octanol–water partition coefficient (Wildman–Crippen LogP) is 7.72. The highest BCUT2D eigenvalue weighted by Gasteiger charge is 2.31. The third-order valence-corrected chi connectivity index (χ3v) is 6.01. The summed E-state index contributed by atoms with van der Waals surface area (Å²) in [7, 11) is 0. The third kappa shape index (κ3) is 6.13. The molecule has 3 aromatic carbocycles. The highest BCUT2D eigenvalue weighted by atomic mass is 35.5. The molecule has 0 amide bonds. The lowest BCUT2D eigenvalue weighted by molar-refractivity contribution is -0.274. The van der Waals surface area contributed by atoms with Crippen LogP contribution in [0.4, 0.5) is 17.6 Å². The summed E-state index contributed by atoms with van der Waals surface area (Å²) in [6.07, 6.45) is -6.00. The number of aromatic nitrogens is 1. The van der Waals surface area contributed by atoms with E-state index in [2.05, 4.69) is 4.74 Å². The minimum absolute atomic E-state index is 0.0856. The van der Waals surface area contributed by atoms with Crippen LogP contribution in [0.5, 0.6) is 23.0 Å². The molecule has 4 aromatic rings. The molecular weight excluding hydrogens is 530 g/mol. The van der Waals surface area contributed by atoms with Crippen molar-refractivity contribution in [3.63, 3.8) is 0 Å². The van der Waals surface area contributed by atoms with Crippen LogP contribution in [0.25, 0.3) is 10.9 Å². The van der Waals surface area contributed by atoms with Crippen molar-refractivity contribution >= 4 is 28.5 Å². The molecule has 0 fully saturated rings. The number of aliphatic carboxylic acids is 1. The zero-order valence-corrected chi connectivity index (χ0v) is 20.9. The fourth-order valence-electron chi connectivity index (χ4n) is 3.96. The van der Waals surface area contributed by atoms with Gasteiger partial charge in [0.05, 0.1) is 11.2 Å². The molecule has 1 atom stereocenters. The van der Waals surface area contributed by atoms with Gasteiger partial charge in [-0.05, 0) is 67.4 Å². The van der Waals surface area contributed by atoms with Gasteiger partial charge in [0.1, 0.15) is 11.5 Å². The van der Waals surface area contributed by atoms with Gasteiger partial charge < -0.3 is 23.9 Å². The standard InChI is InChI=1S/C27H22ClF4NO5/c1-3-23(26(34)35)37-24-12-16(4-11-21(24)29)14-33-15(2)25(36-18-7-5-17(28)6-8-18)20-10-9-19(13-22(20)33)38-27(30,31)32/h4-13,23H,3,14H2,1-2H3,(H,34,35). The lowest BCUT2D eigenvalue weighted by Gasteiger charge is -2.16. The Morgan fingerprint density at radius 3 is 2.37 bits per heavy atom. The van der Waals surface area contributed by atoms with Crippen LogP contribution in [0.2, 0.25) is 5.02 Å². The van der Waals surface area contributed by atoms with Crippen LogP contribution in [-0.4, -0.2) is 28.1 Å². The topological polar surface area (TPSA) is 69.9 Å². The van der Waals surface area contributed by atoms with Crippen LogP contribution < -0.4 is 14.2 Å². The highest BCUT2D eigenvalue weighted by molar-refractivity contribution is 6.30. The van der Waals surface area contributed by atoms with Crippen molar-refractivity contribution in [2.24, 2.45) is 0 Å². The molecule has 0 saturated heterocycles. The maximum Gasteiger partial charge on any atom is 0.573 e. The monoisotopic (exact) mass is 551 g/mol. The highest BCUT2D eigenvalue weighted by Crippen LogP contribution is 2.39. The average Bonchev–Trinajstić information content (AvgIpc) is 3.09. The Kier molecular flexibility index (Phi) is 7.73. The minimum Gasteiger partial charge on any atom is -0.479 e. The van der Waals surface area contributed by atoms with Gasteiger partial charge in [-0.1, -0.05) is 24.6 Å². The zero-order chi connectivity index (χ0) is 27.6. The molecule has 0 aliphatic heterocycles. The van der Waals surface area contributed by atoms with E-state index >= 15 is 0 Å². The molecule has 4 rings (SSSR count). The summed E-state index contributed by atoms with van der Waals surface area (Å²) in [5.41, 5.74) is 1.46. The number of alkyl halides is 3. The van der Waals surface area contributed by atoms with Crippen LogP contribution in [0.3, 0.4) is 0 Å². The van der Waals surface area contributed by atoms with Gasteiger partial charge >= 0.3 is 12.3 Å². The molecule has 0 radical (unpaired) electrons. The number of ether oxygens (including phenoxy) is 3. The molecule has 11 heteroatoms. The number of fused-ring (bicyclic) bond motifs is 1. The van der Waals surface area contributed by atoms with E-state index in [9.17, 15) is 27.5 Å². The number of rotatable bonds is 9. The first kappa shape index (κ1) is 27.1. The molecule has 6 nitrogen and oxygen atoms in total. The van der Waals surface area contributed by atoms with Crippen molar-refractivity contribution in [2.75, 3.05) is 0 Å². The lowest BCUT2D eigenvalue weighted by Crippen LogP contribution is -2.26. The maximum absolute atomic E-state index is 14.4. The molecule has 0 saturated carbocycles. The molecule has 0 spiro atoms. The summed E-state index contributed by atoms with van der Waals surface area (Å²) in [6, 6.07) is 14.5.